The van der Waals surface area contributed by atoms with Crippen LogP contribution < -0.4 is 10.9 Å². The molecule has 0 radical (unpaired) electrons. The number of fused-ring (bicyclic) bond motifs is 2. The second kappa shape index (κ2) is 7.16. The van der Waals surface area contributed by atoms with E-state index >= 15 is 0 Å². The number of amides is 1. The molecule has 0 saturated heterocycles. The van der Waals surface area contributed by atoms with Crippen molar-refractivity contribution in [2.45, 2.75) is 58.2 Å². The van der Waals surface area contributed by atoms with Crippen molar-refractivity contribution in [1.82, 2.24) is 30.0 Å². The average molecular weight is 382 g/mol. The van der Waals surface area contributed by atoms with Crippen LogP contribution in [0, 0.1) is 5.92 Å². The molecular formula is C20H26N6O2. The molecule has 2 N–H and O–H groups in total. The van der Waals surface area contributed by atoms with Crippen LogP contribution in [0.4, 0.5) is 0 Å². The molecule has 28 heavy (non-hydrogen) atoms. The minimum atomic E-state index is -0.0232. The van der Waals surface area contributed by atoms with Crippen LogP contribution in [-0.4, -0.2) is 43.6 Å². The van der Waals surface area contributed by atoms with E-state index in [4.69, 9.17) is 0 Å². The van der Waals surface area contributed by atoms with Crippen LogP contribution in [0.2, 0.25) is 0 Å². The second-order valence-electron chi connectivity index (χ2n) is 8.18. The van der Waals surface area contributed by atoms with E-state index in [1.807, 2.05) is 9.58 Å². The zero-order valence-corrected chi connectivity index (χ0v) is 16.0. The number of nitrogens with zero attached hydrogens (tertiary/aromatic N) is 4. The lowest BCUT2D eigenvalue weighted by molar-refractivity contribution is -0.132. The van der Waals surface area contributed by atoms with Gasteiger partial charge in [-0.05, 0) is 31.2 Å². The number of aromatic amines is 1. The molecule has 8 nitrogen and oxygen atoms in total. The van der Waals surface area contributed by atoms with Crippen LogP contribution in [0.1, 0.15) is 47.7 Å². The number of aromatic nitrogens is 4. The highest BCUT2D eigenvalue weighted by Crippen LogP contribution is 2.31. The number of nitrogens with one attached hydrogen (secondary N) is 2. The summed E-state index contributed by atoms with van der Waals surface area (Å²) in [6, 6.07) is 2.09. The smallest absolute Gasteiger partial charge is 0.254 e. The fourth-order valence-corrected chi connectivity index (χ4v) is 4.16. The molecule has 1 saturated carbocycles. The van der Waals surface area contributed by atoms with E-state index in [9.17, 15) is 9.59 Å². The van der Waals surface area contributed by atoms with Crippen LogP contribution in [0.5, 0.6) is 0 Å². The number of carbonyl (C=O) groups excluding carboxylic acids is 1. The molecule has 2 aromatic rings. The summed E-state index contributed by atoms with van der Waals surface area (Å²) in [6.45, 7) is 3.69. The van der Waals surface area contributed by atoms with Gasteiger partial charge in [0.25, 0.3) is 5.56 Å². The Morgan fingerprint density at radius 3 is 3.00 bits per heavy atom. The fourth-order valence-electron chi connectivity index (χ4n) is 4.16. The van der Waals surface area contributed by atoms with E-state index in [0.29, 0.717) is 38.3 Å². The Balaban J connectivity index is 1.23. The van der Waals surface area contributed by atoms with Gasteiger partial charge in [0.1, 0.15) is 5.82 Å². The van der Waals surface area contributed by atoms with E-state index in [2.05, 4.69) is 26.4 Å². The van der Waals surface area contributed by atoms with E-state index in [-0.39, 0.29) is 11.5 Å². The molecule has 1 fully saturated rings. The Morgan fingerprint density at radius 1 is 1.29 bits per heavy atom. The fraction of sp³-hybridized carbons (Fsp3) is 0.600. The first-order valence-electron chi connectivity index (χ1n) is 10.3. The molecule has 0 atom stereocenters. The van der Waals surface area contributed by atoms with E-state index < -0.39 is 0 Å². The van der Waals surface area contributed by atoms with Gasteiger partial charge in [-0.25, -0.2) is 4.98 Å². The van der Waals surface area contributed by atoms with Crippen LogP contribution in [0.25, 0.3) is 0 Å². The second-order valence-corrected chi connectivity index (χ2v) is 8.18. The van der Waals surface area contributed by atoms with Crippen molar-refractivity contribution in [3.63, 3.8) is 0 Å². The molecule has 3 aliphatic rings. The van der Waals surface area contributed by atoms with Crippen LogP contribution in [0.3, 0.4) is 0 Å². The Bertz CT molecular complexity index is 935. The maximum absolute atomic E-state index is 12.7. The highest BCUT2D eigenvalue weighted by Gasteiger charge is 2.27. The summed E-state index contributed by atoms with van der Waals surface area (Å²) >= 11 is 0. The van der Waals surface area contributed by atoms with E-state index in [1.165, 1.54) is 18.5 Å². The highest BCUT2D eigenvalue weighted by atomic mass is 16.2. The topological polar surface area (TPSA) is 95.9 Å². The molecule has 0 spiro atoms. The molecule has 0 aromatic carbocycles. The van der Waals surface area contributed by atoms with Crippen molar-refractivity contribution in [1.29, 1.82) is 0 Å². The van der Waals surface area contributed by atoms with Gasteiger partial charge in [0.05, 0.1) is 30.2 Å². The summed E-state index contributed by atoms with van der Waals surface area (Å²) in [7, 11) is 0. The minimum absolute atomic E-state index is 0.0232. The zero-order chi connectivity index (χ0) is 19.1. The minimum Gasteiger partial charge on any atom is -0.336 e. The lowest BCUT2D eigenvalue weighted by Crippen LogP contribution is -2.39. The van der Waals surface area contributed by atoms with Gasteiger partial charge >= 0.3 is 0 Å². The van der Waals surface area contributed by atoms with Crippen molar-refractivity contribution < 1.29 is 4.79 Å². The van der Waals surface area contributed by atoms with Gasteiger partial charge < -0.3 is 15.2 Å². The summed E-state index contributed by atoms with van der Waals surface area (Å²) in [5.74, 6) is 1.55. The highest BCUT2D eigenvalue weighted by molar-refractivity contribution is 5.76. The van der Waals surface area contributed by atoms with E-state index in [1.54, 1.807) is 0 Å². The maximum Gasteiger partial charge on any atom is 0.254 e. The van der Waals surface area contributed by atoms with Gasteiger partial charge in [0.15, 0.2) is 0 Å². The van der Waals surface area contributed by atoms with Crippen molar-refractivity contribution in [2.75, 3.05) is 13.1 Å². The zero-order valence-electron chi connectivity index (χ0n) is 16.0. The molecule has 2 aromatic heterocycles. The van der Waals surface area contributed by atoms with Gasteiger partial charge in [-0.1, -0.05) is 0 Å². The molecule has 2 aliphatic heterocycles. The summed E-state index contributed by atoms with van der Waals surface area (Å²) in [5, 5.41) is 7.94. The molecule has 0 unspecified atom stereocenters. The molecule has 0 bridgehead atoms. The Hall–Kier alpha value is -2.48. The van der Waals surface area contributed by atoms with Crippen molar-refractivity contribution >= 4 is 5.91 Å². The first kappa shape index (κ1) is 17.6. The van der Waals surface area contributed by atoms with Gasteiger partial charge in [-0.3, -0.25) is 14.3 Å². The normalized spacial score (nSPS) is 18.6. The first-order chi connectivity index (χ1) is 13.7. The monoisotopic (exact) mass is 382 g/mol. The average Bonchev–Trinajstić information content (AvgIpc) is 3.40. The van der Waals surface area contributed by atoms with E-state index in [0.717, 1.165) is 48.8 Å². The van der Waals surface area contributed by atoms with Crippen molar-refractivity contribution in [2.24, 2.45) is 5.92 Å². The van der Waals surface area contributed by atoms with Crippen molar-refractivity contribution in [3.05, 3.63) is 44.9 Å². The Labute approximate surface area is 163 Å². The first-order valence-corrected chi connectivity index (χ1v) is 10.3. The third kappa shape index (κ3) is 3.61. The Morgan fingerprint density at radius 2 is 2.18 bits per heavy atom. The van der Waals surface area contributed by atoms with Gasteiger partial charge in [0.2, 0.25) is 5.91 Å². The lowest BCUT2D eigenvalue weighted by atomic mass is 10.1. The quantitative estimate of drug-likeness (QED) is 0.787. The van der Waals surface area contributed by atoms with Crippen molar-refractivity contribution in [3.8, 4) is 0 Å². The largest absolute Gasteiger partial charge is 0.336 e. The molecule has 1 amide bonds. The number of rotatable bonds is 5. The summed E-state index contributed by atoms with van der Waals surface area (Å²) in [6.07, 6.45) is 4.96. The summed E-state index contributed by atoms with van der Waals surface area (Å²) in [4.78, 5) is 34.6. The lowest BCUT2D eigenvalue weighted by Gasteiger charge is -2.28. The predicted molar refractivity (Wildman–Crippen MR) is 103 cm³/mol. The molecule has 148 valence electrons. The van der Waals surface area contributed by atoms with Crippen LogP contribution >= 0.6 is 0 Å². The number of carbonyl (C=O) groups is 1. The van der Waals surface area contributed by atoms with Gasteiger partial charge in [-0.15, -0.1) is 0 Å². The SMILES string of the molecule is O=C(CCc1cc2n(n1)CCNC2)N1CCc2c(nc(CC3CC3)[nH]c2=O)C1. The van der Waals surface area contributed by atoms with Crippen LogP contribution in [-0.2, 0) is 43.7 Å². The third-order valence-electron chi connectivity index (χ3n) is 5.97. The standard InChI is InChI=1S/C20H26N6O2/c27-19(4-3-14-10-15-11-21-6-8-26(15)24-14)25-7-5-16-17(12-25)22-18(23-20(16)28)9-13-1-2-13/h10,13,21H,1-9,11-12H2,(H,22,23,28). The van der Waals surface area contributed by atoms with Crippen LogP contribution in [0.15, 0.2) is 10.9 Å². The number of hydrogen-bond donors (Lipinski definition) is 2. The third-order valence-corrected chi connectivity index (χ3v) is 5.97. The molecular weight excluding hydrogens is 356 g/mol. The van der Waals surface area contributed by atoms with Gasteiger partial charge in [0, 0.05) is 44.5 Å². The number of aryl methyl sites for hydroxylation is 1. The summed E-state index contributed by atoms with van der Waals surface area (Å²) in [5.41, 5.74) is 3.67. The molecule has 5 rings (SSSR count). The number of hydrogen-bond acceptors (Lipinski definition) is 5. The molecule has 8 heteroatoms. The van der Waals surface area contributed by atoms with Gasteiger partial charge in [-0.2, -0.15) is 5.10 Å². The number of H-pyrrole nitrogens is 1. The predicted octanol–water partition coefficient (Wildman–Crippen LogP) is 0.540. The maximum atomic E-state index is 12.7. The molecule has 4 heterocycles. The molecule has 1 aliphatic carbocycles. The summed E-state index contributed by atoms with van der Waals surface area (Å²) < 4.78 is 2.03. The Kier molecular flexibility index (Phi) is 4.50.